The zero-order valence-corrected chi connectivity index (χ0v) is 20.1. The lowest BCUT2D eigenvalue weighted by molar-refractivity contribution is -0.210. The van der Waals surface area contributed by atoms with Crippen LogP contribution in [0, 0.1) is 17.5 Å². The van der Waals surface area contributed by atoms with E-state index in [0.717, 1.165) is 16.8 Å². The Morgan fingerprint density at radius 1 is 0.975 bits per heavy atom. The Hall–Kier alpha value is -4.58. The normalized spacial score (nSPS) is 23.0. The molecule has 0 aliphatic carbocycles. The summed E-state index contributed by atoms with van der Waals surface area (Å²) in [5, 5.41) is 61.8. The number of aliphatic hydroxyl groups is 3. The number of H-pyrrole nitrogens is 1. The van der Waals surface area contributed by atoms with Gasteiger partial charge in [0.15, 0.2) is 29.1 Å². The van der Waals surface area contributed by atoms with E-state index >= 15 is 0 Å². The number of aromatic nitrogens is 10. The van der Waals surface area contributed by atoms with E-state index in [1.807, 2.05) is 0 Å². The third-order valence-corrected chi connectivity index (χ3v) is 6.56. The summed E-state index contributed by atoms with van der Waals surface area (Å²) in [6.45, 7) is -0.626. The SMILES string of the molecule is OC[C@H]1O[C@@H](c2nncn2-c2cccc(-c3nnn[nH]3)c2)[C@H](O)[C@@H](n2cc(-c3cc(F)c(F)c(F)c3)nn2)[C@H]1O. The van der Waals surface area contributed by atoms with Gasteiger partial charge in [-0.1, -0.05) is 17.3 Å². The maximum Gasteiger partial charge on any atom is 0.194 e. The average molecular weight is 556 g/mol. The van der Waals surface area contributed by atoms with E-state index in [1.165, 1.54) is 12.5 Å². The van der Waals surface area contributed by atoms with E-state index in [2.05, 4.69) is 41.1 Å². The van der Waals surface area contributed by atoms with Gasteiger partial charge < -0.3 is 20.1 Å². The molecule has 6 rings (SSSR count). The second kappa shape index (κ2) is 10.2. The molecule has 0 unspecified atom stereocenters. The molecule has 0 spiro atoms. The summed E-state index contributed by atoms with van der Waals surface area (Å²) < 4.78 is 49.4. The summed E-state index contributed by atoms with van der Waals surface area (Å²) in [6.07, 6.45) is -2.80. The molecule has 1 aliphatic rings. The van der Waals surface area contributed by atoms with Crippen molar-refractivity contribution in [1.82, 2.24) is 50.4 Å². The lowest BCUT2D eigenvalue weighted by Gasteiger charge is -2.41. The molecule has 206 valence electrons. The molecule has 4 N–H and O–H groups in total. The molecule has 40 heavy (non-hydrogen) atoms. The Labute approximate surface area is 221 Å². The van der Waals surface area contributed by atoms with Crippen molar-refractivity contribution in [1.29, 1.82) is 0 Å². The molecule has 4 heterocycles. The van der Waals surface area contributed by atoms with Gasteiger partial charge in [-0.15, -0.1) is 20.4 Å². The van der Waals surface area contributed by atoms with Gasteiger partial charge in [0.05, 0.1) is 12.8 Å². The fourth-order valence-electron chi connectivity index (χ4n) is 4.61. The fraction of sp³-hybridized carbons (Fsp3) is 0.261. The van der Waals surface area contributed by atoms with E-state index in [-0.39, 0.29) is 17.1 Å². The number of rotatable bonds is 6. The van der Waals surface area contributed by atoms with Crippen molar-refractivity contribution in [2.75, 3.05) is 6.61 Å². The van der Waals surface area contributed by atoms with Crippen LogP contribution in [-0.4, -0.2) is 90.6 Å². The van der Waals surface area contributed by atoms with Gasteiger partial charge in [-0.05, 0) is 34.7 Å². The summed E-state index contributed by atoms with van der Waals surface area (Å²) in [7, 11) is 0. The summed E-state index contributed by atoms with van der Waals surface area (Å²) in [6, 6.07) is 7.25. The Bertz CT molecular complexity index is 1620. The molecule has 14 nitrogen and oxygen atoms in total. The van der Waals surface area contributed by atoms with Gasteiger partial charge in [0.1, 0.15) is 42.5 Å². The number of nitrogens with zero attached hydrogens (tertiary/aromatic N) is 9. The van der Waals surface area contributed by atoms with Gasteiger partial charge in [-0.25, -0.2) is 23.0 Å². The topological polar surface area (TPSA) is 186 Å². The van der Waals surface area contributed by atoms with E-state index in [4.69, 9.17) is 4.74 Å². The van der Waals surface area contributed by atoms with Crippen molar-refractivity contribution in [2.45, 2.75) is 30.5 Å². The lowest BCUT2D eigenvalue weighted by atomic mass is 9.92. The molecule has 17 heteroatoms. The molecule has 0 amide bonds. The van der Waals surface area contributed by atoms with Crippen LogP contribution < -0.4 is 0 Å². The molecule has 1 aliphatic heterocycles. The molecule has 0 bridgehead atoms. The number of halogens is 3. The molecule has 5 aromatic rings. The summed E-state index contributed by atoms with van der Waals surface area (Å²) >= 11 is 0. The van der Waals surface area contributed by atoms with Crippen molar-refractivity contribution >= 4 is 0 Å². The Morgan fingerprint density at radius 3 is 2.50 bits per heavy atom. The Balaban J connectivity index is 1.35. The van der Waals surface area contributed by atoms with Crippen LogP contribution in [-0.2, 0) is 4.74 Å². The first-order chi connectivity index (χ1) is 19.4. The van der Waals surface area contributed by atoms with E-state index in [0.29, 0.717) is 17.1 Å². The number of hydrogen-bond acceptors (Lipinski definition) is 11. The average Bonchev–Trinajstić information content (AvgIpc) is 3.74. The molecule has 0 saturated carbocycles. The molecule has 1 saturated heterocycles. The zero-order valence-electron chi connectivity index (χ0n) is 20.1. The van der Waals surface area contributed by atoms with E-state index in [1.54, 1.807) is 28.8 Å². The first-order valence-corrected chi connectivity index (χ1v) is 11.8. The number of nitrogens with one attached hydrogen (secondary N) is 1. The second-order valence-corrected chi connectivity index (χ2v) is 8.95. The minimum Gasteiger partial charge on any atom is -0.394 e. The molecule has 0 radical (unpaired) electrons. The number of benzene rings is 2. The molecule has 2 aromatic carbocycles. The Morgan fingerprint density at radius 2 is 1.77 bits per heavy atom. The molecular formula is C23H19F3N10O4. The van der Waals surface area contributed by atoms with Crippen LogP contribution >= 0.6 is 0 Å². The number of tetrazole rings is 1. The summed E-state index contributed by atoms with van der Waals surface area (Å²) in [5.74, 6) is -3.92. The number of hydrogen-bond donors (Lipinski definition) is 4. The van der Waals surface area contributed by atoms with Gasteiger partial charge in [0, 0.05) is 16.8 Å². The molecule has 1 fully saturated rings. The van der Waals surface area contributed by atoms with Gasteiger partial charge in [0.25, 0.3) is 0 Å². The fourth-order valence-corrected chi connectivity index (χ4v) is 4.61. The highest BCUT2D eigenvalue weighted by molar-refractivity contribution is 5.59. The smallest absolute Gasteiger partial charge is 0.194 e. The van der Waals surface area contributed by atoms with Crippen LogP contribution in [0.5, 0.6) is 0 Å². The number of ether oxygens (including phenoxy) is 1. The Kier molecular flexibility index (Phi) is 6.54. The lowest BCUT2D eigenvalue weighted by Crippen LogP contribution is -2.53. The highest BCUT2D eigenvalue weighted by Gasteiger charge is 2.48. The van der Waals surface area contributed by atoms with Gasteiger partial charge in [-0.3, -0.25) is 4.57 Å². The van der Waals surface area contributed by atoms with Crippen LogP contribution in [0.4, 0.5) is 13.2 Å². The second-order valence-electron chi connectivity index (χ2n) is 8.95. The van der Waals surface area contributed by atoms with Crippen LogP contribution in [0.2, 0.25) is 0 Å². The van der Waals surface area contributed by atoms with Crippen molar-refractivity contribution in [3.63, 3.8) is 0 Å². The standard InChI is InChI=1S/C23H19F3N10O4/c24-13-5-11(6-14(25)17(13)26)15-7-36(34-28-15)18-19(38)16(8-37)40-21(20(18)39)23-31-27-9-35(23)12-3-1-2-10(4-12)22-29-32-33-30-22/h1-7,9,16,18-21,37-39H,8H2,(H,29,30,32,33)/t16-,18+,19+,20-,21-/m1/s1. The van der Waals surface area contributed by atoms with Crippen molar-refractivity contribution in [2.24, 2.45) is 0 Å². The first kappa shape index (κ1) is 25.7. The highest BCUT2D eigenvalue weighted by atomic mass is 19.2. The predicted octanol–water partition coefficient (Wildman–Crippen LogP) is 0.518. The number of aliphatic hydroxyl groups excluding tert-OH is 3. The third kappa shape index (κ3) is 4.39. The van der Waals surface area contributed by atoms with Crippen LogP contribution in [0.3, 0.4) is 0 Å². The molecular weight excluding hydrogens is 537 g/mol. The maximum absolute atomic E-state index is 13.8. The van der Waals surface area contributed by atoms with Gasteiger partial charge in [0.2, 0.25) is 0 Å². The first-order valence-electron chi connectivity index (χ1n) is 11.8. The minimum atomic E-state index is -1.63. The van der Waals surface area contributed by atoms with Gasteiger partial charge in [-0.2, -0.15) is 0 Å². The van der Waals surface area contributed by atoms with Crippen molar-refractivity contribution < 1.29 is 33.2 Å². The van der Waals surface area contributed by atoms with Crippen LogP contribution in [0.25, 0.3) is 28.3 Å². The zero-order chi connectivity index (χ0) is 28.0. The summed E-state index contributed by atoms with van der Waals surface area (Å²) in [4.78, 5) is 0. The largest absolute Gasteiger partial charge is 0.394 e. The van der Waals surface area contributed by atoms with E-state index in [9.17, 15) is 28.5 Å². The summed E-state index contributed by atoms with van der Waals surface area (Å²) in [5.41, 5.74) is 1.05. The maximum atomic E-state index is 13.8. The van der Waals surface area contributed by atoms with Crippen LogP contribution in [0.15, 0.2) is 48.9 Å². The number of aromatic amines is 1. The van der Waals surface area contributed by atoms with Gasteiger partial charge >= 0.3 is 0 Å². The third-order valence-electron chi connectivity index (χ3n) is 6.56. The van der Waals surface area contributed by atoms with Crippen molar-refractivity contribution in [3.05, 3.63) is 72.2 Å². The van der Waals surface area contributed by atoms with Crippen LogP contribution in [0.1, 0.15) is 18.0 Å². The van der Waals surface area contributed by atoms with E-state index < -0.39 is 54.5 Å². The quantitative estimate of drug-likeness (QED) is 0.214. The molecule has 3 aromatic heterocycles. The highest BCUT2D eigenvalue weighted by Crippen LogP contribution is 2.38. The van der Waals surface area contributed by atoms with Crippen molar-refractivity contribution in [3.8, 4) is 28.3 Å². The monoisotopic (exact) mass is 556 g/mol. The molecule has 5 atom stereocenters. The predicted molar refractivity (Wildman–Crippen MR) is 126 cm³/mol. The minimum absolute atomic E-state index is 0.0531.